The first-order chi connectivity index (χ1) is 9.70. The number of aromatic nitrogens is 3. The molecule has 0 aliphatic heterocycles. The lowest BCUT2D eigenvalue weighted by Gasteiger charge is -1.97. The molecule has 1 N–H and O–H groups in total. The fraction of sp³-hybridized carbons (Fsp3) is 0.125. The smallest absolute Gasteiger partial charge is 0.111 e. The number of aromatic amines is 1. The topological polar surface area (TPSA) is 41.6 Å². The molecule has 100 valence electrons. The Morgan fingerprint density at radius 2 is 1.95 bits per heavy atom. The second kappa shape index (κ2) is 5.43. The van der Waals surface area contributed by atoms with Crippen LogP contribution in [0.3, 0.4) is 0 Å². The number of hydrogen-bond acceptors (Lipinski definition) is 3. The van der Waals surface area contributed by atoms with Crippen LogP contribution in [0.1, 0.15) is 21.1 Å². The summed E-state index contributed by atoms with van der Waals surface area (Å²) in [6.45, 7) is 4.10. The van der Waals surface area contributed by atoms with Crippen molar-refractivity contribution in [2.24, 2.45) is 0 Å². The Bertz CT molecular complexity index is 752. The van der Waals surface area contributed by atoms with Crippen LogP contribution in [0.5, 0.6) is 0 Å². The molecular weight excluding hydrogens is 266 g/mol. The Kier molecular flexibility index (Phi) is 3.48. The van der Waals surface area contributed by atoms with Gasteiger partial charge in [0.1, 0.15) is 5.69 Å². The van der Waals surface area contributed by atoms with Gasteiger partial charge < -0.3 is 0 Å². The molecule has 3 aromatic rings. The zero-order valence-electron chi connectivity index (χ0n) is 11.4. The molecule has 0 amide bonds. The van der Waals surface area contributed by atoms with Crippen molar-refractivity contribution in [1.29, 1.82) is 0 Å². The number of nitrogens with zero attached hydrogens (tertiary/aromatic N) is 2. The Morgan fingerprint density at radius 1 is 1.05 bits per heavy atom. The van der Waals surface area contributed by atoms with E-state index in [9.17, 15) is 0 Å². The number of H-pyrrole nitrogens is 1. The highest BCUT2D eigenvalue weighted by molar-refractivity contribution is 7.12. The van der Waals surface area contributed by atoms with Gasteiger partial charge in [0.25, 0.3) is 0 Å². The standard InChI is InChI=1S/C16H15N3S/c1-11-10-16(19-18-11)15-5-3-4-13(17-15)7-9-14-8-6-12(2)20-14/h3-10H,1-2H3,(H,18,19)/b9-7+. The van der Waals surface area contributed by atoms with Crippen molar-refractivity contribution < 1.29 is 0 Å². The van der Waals surface area contributed by atoms with Crippen molar-refractivity contribution in [3.63, 3.8) is 0 Å². The van der Waals surface area contributed by atoms with Crippen LogP contribution < -0.4 is 0 Å². The minimum absolute atomic E-state index is 0.879. The maximum absolute atomic E-state index is 4.61. The van der Waals surface area contributed by atoms with E-state index in [1.54, 1.807) is 11.3 Å². The van der Waals surface area contributed by atoms with Gasteiger partial charge in [0.2, 0.25) is 0 Å². The first-order valence-electron chi connectivity index (χ1n) is 6.45. The van der Waals surface area contributed by atoms with Crippen LogP contribution in [0.15, 0.2) is 36.4 Å². The fourth-order valence-corrected chi connectivity index (χ4v) is 2.73. The summed E-state index contributed by atoms with van der Waals surface area (Å²) in [5.74, 6) is 0. The maximum atomic E-state index is 4.61. The van der Waals surface area contributed by atoms with Gasteiger partial charge in [0.15, 0.2) is 0 Å². The highest BCUT2D eigenvalue weighted by atomic mass is 32.1. The second-order valence-corrected chi connectivity index (χ2v) is 5.99. The predicted molar refractivity (Wildman–Crippen MR) is 84.5 cm³/mol. The molecular formula is C16H15N3S. The summed E-state index contributed by atoms with van der Waals surface area (Å²) >= 11 is 1.78. The van der Waals surface area contributed by atoms with Crippen LogP contribution in [-0.4, -0.2) is 15.2 Å². The number of pyridine rings is 1. The van der Waals surface area contributed by atoms with E-state index in [2.05, 4.69) is 40.3 Å². The summed E-state index contributed by atoms with van der Waals surface area (Å²) < 4.78 is 0. The molecule has 0 bridgehead atoms. The first-order valence-corrected chi connectivity index (χ1v) is 7.26. The van der Waals surface area contributed by atoms with Crippen molar-refractivity contribution in [3.05, 3.63) is 57.5 Å². The van der Waals surface area contributed by atoms with E-state index in [-0.39, 0.29) is 0 Å². The molecule has 0 aliphatic rings. The van der Waals surface area contributed by atoms with Gasteiger partial charge in [-0.1, -0.05) is 6.07 Å². The van der Waals surface area contributed by atoms with Gasteiger partial charge in [-0.25, -0.2) is 4.98 Å². The molecule has 0 spiro atoms. The Balaban J connectivity index is 1.86. The highest BCUT2D eigenvalue weighted by Gasteiger charge is 2.03. The van der Waals surface area contributed by atoms with Gasteiger partial charge in [0, 0.05) is 15.4 Å². The van der Waals surface area contributed by atoms with E-state index >= 15 is 0 Å². The molecule has 4 heteroatoms. The average Bonchev–Trinajstić information content (AvgIpc) is 3.06. The van der Waals surface area contributed by atoms with Crippen LogP contribution in [-0.2, 0) is 0 Å². The predicted octanol–water partition coefficient (Wildman–Crippen LogP) is 4.32. The maximum Gasteiger partial charge on any atom is 0.111 e. The highest BCUT2D eigenvalue weighted by Crippen LogP contribution is 2.19. The monoisotopic (exact) mass is 281 g/mol. The largest absolute Gasteiger partial charge is 0.282 e. The molecule has 0 aliphatic carbocycles. The molecule has 3 rings (SSSR count). The van der Waals surface area contributed by atoms with Gasteiger partial charge >= 0.3 is 0 Å². The van der Waals surface area contributed by atoms with Gasteiger partial charge in [0.05, 0.1) is 11.4 Å². The summed E-state index contributed by atoms with van der Waals surface area (Å²) in [5.41, 5.74) is 3.74. The van der Waals surface area contributed by atoms with Crippen LogP contribution in [0.25, 0.3) is 23.5 Å². The quantitative estimate of drug-likeness (QED) is 0.776. The number of hydrogen-bond donors (Lipinski definition) is 1. The Labute approximate surface area is 122 Å². The van der Waals surface area contributed by atoms with Crippen LogP contribution >= 0.6 is 11.3 Å². The van der Waals surface area contributed by atoms with Crippen molar-refractivity contribution >= 4 is 23.5 Å². The number of thiophene rings is 1. The Morgan fingerprint density at radius 3 is 2.65 bits per heavy atom. The van der Waals surface area contributed by atoms with Crippen LogP contribution in [0.2, 0.25) is 0 Å². The van der Waals surface area contributed by atoms with Crippen LogP contribution in [0, 0.1) is 13.8 Å². The lowest BCUT2D eigenvalue weighted by Crippen LogP contribution is -1.86. The number of aryl methyl sites for hydroxylation is 2. The van der Waals surface area contributed by atoms with Gasteiger partial charge in [-0.3, -0.25) is 5.10 Å². The summed E-state index contributed by atoms with van der Waals surface area (Å²) in [4.78, 5) is 7.17. The molecule has 3 nitrogen and oxygen atoms in total. The van der Waals surface area contributed by atoms with Crippen LogP contribution in [0.4, 0.5) is 0 Å². The summed E-state index contributed by atoms with van der Waals surface area (Å²) in [7, 11) is 0. The summed E-state index contributed by atoms with van der Waals surface area (Å²) in [5, 5.41) is 7.18. The van der Waals surface area contributed by atoms with Gasteiger partial charge in [-0.05, 0) is 56.3 Å². The number of rotatable bonds is 3. The third kappa shape index (κ3) is 2.86. The molecule has 20 heavy (non-hydrogen) atoms. The minimum atomic E-state index is 0.879. The summed E-state index contributed by atoms with van der Waals surface area (Å²) in [6.07, 6.45) is 4.13. The molecule has 0 atom stereocenters. The van der Waals surface area contributed by atoms with E-state index in [0.29, 0.717) is 0 Å². The van der Waals surface area contributed by atoms with Crippen molar-refractivity contribution in [2.75, 3.05) is 0 Å². The van der Waals surface area contributed by atoms with E-state index < -0.39 is 0 Å². The zero-order chi connectivity index (χ0) is 13.9. The lowest BCUT2D eigenvalue weighted by molar-refractivity contribution is 1.04. The first kappa shape index (κ1) is 12.8. The molecule has 0 aromatic carbocycles. The molecule has 0 saturated carbocycles. The van der Waals surface area contributed by atoms with E-state index in [1.165, 1.54) is 9.75 Å². The van der Waals surface area contributed by atoms with E-state index in [0.717, 1.165) is 22.8 Å². The molecule has 0 unspecified atom stereocenters. The third-order valence-electron chi connectivity index (χ3n) is 2.92. The number of nitrogens with one attached hydrogen (secondary N) is 1. The van der Waals surface area contributed by atoms with Gasteiger partial charge in [-0.15, -0.1) is 11.3 Å². The second-order valence-electron chi connectivity index (χ2n) is 4.67. The van der Waals surface area contributed by atoms with Crippen molar-refractivity contribution in [1.82, 2.24) is 15.2 Å². The van der Waals surface area contributed by atoms with Crippen molar-refractivity contribution in [3.8, 4) is 11.4 Å². The molecule has 0 saturated heterocycles. The molecule has 0 radical (unpaired) electrons. The summed E-state index contributed by atoms with van der Waals surface area (Å²) in [6, 6.07) is 12.2. The third-order valence-corrected chi connectivity index (χ3v) is 3.88. The fourth-order valence-electron chi connectivity index (χ4n) is 1.95. The molecule has 3 aromatic heterocycles. The van der Waals surface area contributed by atoms with Gasteiger partial charge in [-0.2, -0.15) is 5.10 Å². The normalized spacial score (nSPS) is 11.3. The SMILES string of the molecule is Cc1cc(-c2cccc(/C=C/c3ccc(C)s3)n2)n[nH]1. The van der Waals surface area contributed by atoms with Crippen molar-refractivity contribution in [2.45, 2.75) is 13.8 Å². The zero-order valence-corrected chi connectivity index (χ0v) is 12.2. The minimum Gasteiger partial charge on any atom is -0.282 e. The lowest BCUT2D eigenvalue weighted by atomic mass is 10.2. The van der Waals surface area contributed by atoms with E-state index in [1.807, 2.05) is 37.3 Å². The molecule has 0 fully saturated rings. The average molecular weight is 281 g/mol. The molecule has 3 heterocycles. The Hall–Kier alpha value is -2.20. The van der Waals surface area contributed by atoms with E-state index in [4.69, 9.17) is 0 Å².